The lowest BCUT2D eigenvalue weighted by Gasteiger charge is -2.26. The summed E-state index contributed by atoms with van der Waals surface area (Å²) < 4.78 is 0. The molecule has 1 aliphatic rings. The van der Waals surface area contributed by atoms with E-state index in [2.05, 4.69) is 25.2 Å². The molecular weight excluding hydrogens is 266 g/mol. The number of anilines is 2. The van der Waals surface area contributed by atoms with E-state index < -0.39 is 0 Å². The van der Waals surface area contributed by atoms with Crippen LogP contribution in [-0.2, 0) is 0 Å². The smallest absolute Gasteiger partial charge is 0.255 e. The van der Waals surface area contributed by atoms with Crippen LogP contribution in [0.2, 0.25) is 0 Å². The Morgan fingerprint density at radius 2 is 1.71 bits per heavy atom. The van der Waals surface area contributed by atoms with Crippen LogP contribution < -0.4 is 10.2 Å². The average Bonchev–Trinajstić information content (AvgIpc) is 2.57. The first-order valence-electron chi connectivity index (χ1n) is 7.11. The van der Waals surface area contributed by atoms with E-state index in [0.717, 1.165) is 19.0 Å². The van der Waals surface area contributed by atoms with Crippen molar-refractivity contribution in [3.63, 3.8) is 0 Å². The number of nitrogens with one attached hydrogen (secondary N) is 1. The van der Waals surface area contributed by atoms with E-state index in [1.807, 2.05) is 0 Å². The van der Waals surface area contributed by atoms with Crippen LogP contribution in [0.15, 0.2) is 36.9 Å². The summed E-state index contributed by atoms with van der Waals surface area (Å²) >= 11 is 0. The maximum absolute atomic E-state index is 12.0. The van der Waals surface area contributed by atoms with Crippen molar-refractivity contribution < 1.29 is 4.79 Å². The molecule has 0 unspecified atom stereocenters. The van der Waals surface area contributed by atoms with E-state index in [1.54, 1.807) is 36.9 Å². The van der Waals surface area contributed by atoms with Gasteiger partial charge in [0.2, 0.25) is 5.95 Å². The number of amides is 1. The predicted molar refractivity (Wildman–Crippen MR) is 80.3 cm³/mol. The Morgan fingerprint density at radius 3 is 2.38 bits per heavy atom. The van der Waals surface area contributed by atoms with Gasteiger partial charge in [0.1, 0.15) is 0 Å². The third-order valence-electron chi connectivity index (χ3n) is 3.48. The molecule has 0 atom stereocenters. The first-order valence-corrected chi connectivity index (χ1v) is 7.11. The molecule has 3 heterocycles. The second-order valence-electron chi connectivity index (χ2n) is 5.01. The standard InChI is InChI=1S/C15H17N5O/c21-14(12-4-6-16-7-5-12)19-13-10-17-15(18-11-13)20-8-2-1-3-9-20/h4-7,10-11H,1-3,8-9H2,(H,19,21). The van der Waals surface area contributed by atoms with Crippen LogP contribution >= 0.6 is 0 Å². The van der Waals surface area contributed by atoms with E-state index >= 15 is 0 Å². The molecule has 6 heteroatoms. The Balaban J connectivity index is 1.65. The van der Waals surface area contributed by atoms with Gasteiger partial charge in [-0.2, -0.15) is 0 Å². The molecule has 21 heavy (non-hydrogen) atoms. The van der Waals surface area contributed by atoms with Crippen molar-refractivity contribution in [1.82, 2.24) is 15.0 Å². The van der Waals surface area contributed by atoms with Crippen molar-refractivity contribution in [2.75, 3.05) is 23.3 Å². The minimum Gasteiger partial charge on any atom is -0.341 e. The number of hydrogen-bond donors (Lipinski definition) is 1. The molecule has 1 amide bonds. The molecule has 2 aromatic heterocycles. The highest BCUT2D eigenvalue weighted by molar-refractivity contribution is 6.03. The monoisotopic (exact) mass is 283 g/mol. The zero-order valence-electron chi connectivity index (χ0n) is 11.7. The number of nitrogens with zero attached hydrogens (tertiary/aromatic N) is 4. The van der Waals surface area contributed by atoms with Gasteiger partial charge in [0.15, 0.2) is 0 Å². The highest BCUT2D eigenvalue weighted by Gasteiger charge is 2.13. The fourth-order valence-electron chi connectivity index (χ4n) is 2.35. The van der Waals surface area contributed by atoms with Gasteiger partial charge in [0.05, 0.1) is 18.1 Å². The van der Waals surface area contributed by atoms with Gasteiger partial charge in [-0.15, -0.1) is 0 Å². The minimum atomic E-state index is -0.188. The zero-order chi connectivity index (χ0) is 14.5. The summed E-state index contributed by atoms with van der Waals surface area (Å²) in [6.07, 6.45) is 10.1. The highest BCUT2D eigenvalue weighted by Crippen LogP contribution is 2.16. The van der Waals surface area contributed by atoms with Crippen LogP contribution in [0.3, 0.4) is 0 Å². The molecular formula is C15H17N5O. The Hall–Kier alpha value is -2.50. The van der Waals surface area contributed by atoms with Crippen LogP contribution in [0, 0.1) is 0 Å². The van der Waals surface area contributed by atoms with Crippen LogP contribution in [0.1, 0.15) is 29.6 Å². The molecule has 0 radical (unpaired) electrons. The van der Waals surface area contributed by atoms with Crippen molar-refractivity contribution in [2.24, 2.45) is 0 Å². The Bertz CT molecular complexity index is 593. The van der Waals surface area contributed by atoms with Gasteiger partial charge >= 0.3 is 0 Å². The fraction of sp³-hybridized carbons (Fsp3) is 0.333. The van der Waals surface area contributed by atoms with E-state index in [9.17, 15) is 4.79 Å². The number of hydrogen-bond acceptors (Lipinski definition) is 5. The van der Waals surface area contributed by atoms with Gasteiger partial charge in [0, 0.05) is 31.0 Å². The van der Waals surface area contributed by atoms with E-state index in [4.69, 9.17) is 0 Å². The Kier molecular flexibility index (Phi) is 4.04. The van der Waals surface area contributed by atoms with Gasteiger partial charge in [-0.3, -0.25) is 9.78 Å². The molecule has 0 aromatic carbocycles. The maximum atomic E-state index is 12.0. The third kappa shape index (κ3) is 3.34. The van der Waals surface area contributed by atoms with E-state index in [0.29, 0.717) is 11.3 Å². The summed E-state index contributed by atoms with van der Waals surface area (Å²) in [5, 5.41) is 2.78. The zero-order valence-corrected chi connectivity index (χ0v) is 11.7. The maximum Gasteiger partial charge on any atom is 0.255 e. The predicted octanol–water partition coefficient (Wildman–Crippen LogP) is 2.11. The van der Waals surface area contributed by atoms with Gasteiger partial charge < -0.3 is 10.2 Å². The van der Waals surface area contributed by atoms with E-state index in [-0.39, 0.29) is 5.91 Å². The molecule has 108 valence electrons. The molecule has 0 spiro atoms. The van der Waals surface area contributed by atoms with Crippen LogP contribution in [0.4, 0.5) is 11.6 Å². The SMILES string of the molecule is O=C(Nc1cnc(N2CCCCC2)nc1)c1ccncc1. The largest absolute Gasteiger partial charge is 0.341 e. The summed E-state index contributed by atoms with van der Waals surface area (Å²) in [5.74, 6) is 0.545. The van der Waals surface area contributed by atoms with Crippen LogP contribution in [-0.4, -0.2) is 33.9 Å². The Labute approximate surface area is 123 Å². The number of aromatic nitrogens is 3. The average molecular weight is 283 g/mol. The summed E-state index contributed by atoms with van der Waals surface area (Å²) in [7, 11) is 0. The third-order valence-corrected chi connectivity index (χ3v) is 3.48. The number of carbonyl (C=O) groups is 1. The number of piperidine rings is 1. The first-order chi connectivity index (χ1) is 10.3. The summed E-state index contributed by atoms with van der Waals surface area (Å²) in [6, 6.07) is 3.33. The number of pyridine rings is 1. The second-order valence-corrected chi connectivity index (χ2v) is 5.01. The molecule has 1 fully saturated rings. The Morgan fingerprint density at radius 1 is 1.05 bits per heavy atom. The first kappa shape index (κ1) is 13.5. The van der Waals surface area contributed by atoms with Crippen molar-refractivity contribution in [2.45, 2.75) is 19.3 Å². The minimum absolute atomic E-state index is 0.188. The summed E-state index contributed by atoms with van der Waals surface area (Å²) in [6.45, 7) is 2.01. The molecule has 1 N–H and O–H groups in total. The molecule has 1 saturated heterocycles. The molecule has 0 saturated carbocycles. The highest BCUT2D eigenvalue weighted by atomic mass is 16.1. The summed E-state index contributed by atoms with van der Waals surface area (Å²) in [5.41, 5.74) is 1.16. The van der Waals surface area contributed by atoms with Crippen molar-refractivity contribution in [3.05, 3.63) is 42.5 Å². The quantitative estimate of drug-likeness (QED) is 0.934. The van der Waals surface area contributed by atoms with Crippen LogP contribution in [0.25, 0.3) is 0 Å². The normalized spacial score (nSPS) is 14.8. The fourth-order valence-corrected chi connectivity index (χ4v) is 2.35. The molecule has 0 bridgehead atoms. The van der Waals surface area contributed by atoms with E-state index in [1.165, 1.54) is 19.3 Å². The lowest BCUT2D eigenvalue weighted by Crippen LogP contribution is -2.30. The van der Waals surface area contributed by atoms with Gasteiger partial charge in [0.25, 0.3) is 5.91 Å². The van der Waals surface area contributed by atoms with Gasteiger partial charge in [-0.05, 0) is 31.4 Å². The number of rotatable bonds is 3. The summed E-state index contributed by atoms with van der Waals surface area (Å²) in [4.78, 5) is 26.7. The number of carbonyl (C=O) groups excluding carboxylic acids is 1. The van der Waals surface area contributed by atoms with Gasteiger partial charge in [-0.1, -0.05) is 0 Å². The molecule has 1 aliphatic heterocycles. The molecule has 2 aromatic rings. The molecule has 0 aliphatic carbocycles. The van der Waals surface area contributed by atoms with Crippen molar-refractivity contribution in [1.29, 1.82) is 0 Å². The second kappa shape index (κ2) is 6.30. The van der Waals surface area contributed by atoms with Crippen molar-refractivity contribution >= 4 is 17.5 Å². The molecule has 6 nitrogen and oxygen atoms in total. The lowest BCUT2D eigenvalue weighted by atomic mass is 10.1. The van der Waals surface area contributed by atoms with Crippen molar-refractivity contribution in [3.8, 4) is 0 Å². The topological polar surface area (TPSA) is 71.0 Å². The van der Waals surface area contributed by atoms with Crippen LogP contribution in [0.5, 0.6) is 0 Å². The molecule has 3 rings (SSSR count). The lowest BCUT2D eigenvalue weighted by molar-refractivity contribution is 0.102. The van der Waals surface area contributed by atoms with Gasteiger partial charge in [-0.25, -0.2) is 9.97 Å².